The molecule has 0 aliphatic carbocycles. The van der Waals surface area contributed by atoms with Gasteiger partial charge in [-0.3, -0.25) is 14.9 Å². The molecule has 0 spiro atoms. The molecule has 0 radical (unpaired) electrons. The minimum absolute atomic E-state index is 0.0144. The van der Waals surface area contributed by atoms with Crippen LogP contribution in [-0.2, 0) is 9.59 Å². The molecule has 1 aliphatic heterocycles. The van der Waals surface area contributed by atoms with Gasteiger partial charge in [0.15, 0.2) is 0 Å². The van der Waals surface area contributed by atoms with Crippen molar-refractivity contribution in [3.8, 4) is 0 Å². The van der Waals surface area contributed by atoms with Gasteiger partial charge in [-0.2, -0.15) is 0 Å². The molecule has 2 atom stereocenters. The molecule has 1 heterocycles. The minimum Gasteiger partial charge on any atom is -0.368 e. The zero-order valence-corrected chi connectivity index (χ0v) is 9.76. The average Bonchev–Trinajstić information content (AvgIpc) is 2.65. The van der Waals surface area contributed by atoms with E-state index in [2.05, 4.69) is 10.6 Å². The number of hydrogen-bond acceptors (Lipinski definition) is 4. The summed E-state index contributed by atoms with van der Waals surface area (Å²) in [6.45, 7) is 3.71. The van der Waals surface area contributed by atoms with Gasteiger partial charge in [-0.05, 0) is 5.92 Å². The van der Waals surface area contributed by atoms with E-state index in [1.54, 1.807) is 11.8 Å². The molecular formula is C9H17N3O2S. The zero-order chi connectivity index (χ0) is 11.4. The van der Waals surface area contributed by atoms with Crippen LogP contribution in [0.1, 0.15) is 13.8 Å². The summed E-state index contributed by atoms with van der Waals surface area (Å²) in [6, 6.07) is -0.777. The van der Waals surface area contributed by atoms with Crippen LogP contribution in [0.15, 0.2) is 0 Å². The summed E-state index contributed by atoms with van der Waals surface area (Å²) in [7, 11) is 0. The van der Waals surface area contributed by atoms with Crippen LogP contribution in [0, 0.1) is 5.92 Å². The predicted octanol–water partition coefficient (Wildman–Crippen LogP) is -0.725. The van der Waals surface area contributed by atoms with Crippen molar-refractivity contribution in [3.63, 3.8) is 0 Å². The Morgan fingerprint density at radius 1 is 1.53 bits per heavy atom. The molecule has 4 N–H and O–H groups in total. The second-order valence-corrected chi connectivity index (χ2v) is 4.93. The summed E-state index contributed by atoms with van der Waals surface area (Å²) in [6.07, 6.45) is 0. The summed E-state index contributed by atoms with van der Waals surface area (Å²) in [5.74, 6) is 0.915. The molecule has 1 rings (SSSR count). The molecule has 0 saturated carbocycles. The normalized spacial score (nSPS) is 22.7. The summed E-state index contributed by atoms with van der Waals surface area (Å²) < 4.78 is 0. The number of thioether (sulfide) groups is 1. The first-order chi connectivity index (χ1) is 7.02. The third-order valence-electron chi connectivity index (χ3n) is 2.30. The molecule has 1 saturated heterocycles. The number of hydrogen-bond donors (Lipinski definition) is 3. The zero-order valence-electron chi connectivity index (χ0n) is 8.95. The standard InChI is InChI=1S/C9H17N3O2S/c1-5(2)7(8(10)13)12-9(14)6-3-15-4-11-6/h5-7,11H,3-4H2,1-2H3,(H2,10,13)(H,12,14). The van der Waals surface area contributed by atoms with Crippen molar-refractivity contribution in [2.75, 3.05) is 11.6 Å². The van der Waals surface area contributed by atoms with Crippen LogP contribution in [0.3, 0.4) is 0 Å². The highest BCUT2D eigenvalue weighted by atomic mass is 32.2. The summed E-state index contributed by atoms with van der Waals surface area (Å²) >= 11 is 1.67. The van der Waals surface area contributed by atoms with Gasteiger partial charge >= 0.3 is 0 Å². The van der Waals surface area contributed by atoms with Crippen molar-refractivity contribution in [1.82, 2.24) is 10.6 Å². The van der Waals surface area contributed by atoms with Crippen molar-refractivity contribution < 1.29 is 9.59 Å². The van der Waals surface area contributed by atoms with Gasteiger partial charge in [-0.1, -0.05) is 13.8 Å². The predicted molar refractivity (Wildman–Crippen MR) is 60.2 cm³/mol. The molecule has 0 aromatic rings. The Hall–Kier alpha value is -0.750. The molecule has 1 aliphatic rings. The van der Waals surface area contributed by atoms with Crippen molar-refractivity contribution in [2.45, 2.75) is 25.9 Å². The Balaban J connectivity index is 2.50. The maximum atomic E-state index is 11.7. The highest BCUT2D eigenvalue weighted by Crippen LogP contribution is 2.10. The Morgan fingerprint density at radius 3 is 2.60 bits per heavy atom. The Kier molecular flexibility index (Phi) is 4.41. The molecule has 5 nitrogen and oxygen atoms in total. The summed E-state index contributed by atoms with van der Waals surface area (Å²) in [5.41, 5.74) is 5.21. The van der Waals surface area contributed by atoms with Crippen molar-refractivity contribution in [1.29, 1.82) is 0 Å². The number of carbonyl (C=O) groups is 2. The molecule has 86 valence electrons. The van der Waals surface area contributed by atoms with Crippen LogP contribution in [0.25, 0.3) is 0 Å². The lowest BCUT2D eigenvalue weighted by Crippen LogP contribution is -2.53. The van der Waals surface area contributed by atoms with Gasteiger partial charge in [0, 0.05) is 11.6 Å². The van der Waals surface area contributed by atoms with Gasteiger partial charge in [-0.15, -0.1) is 11.8 Å². The fourth-order valence-corrected chi connectivity index (χ4v) is 2.33. The van der Waals surface area contributed by atoms with Gasteiger partial charge in [0.1, 0.15) is 6.04 Å². The third-order valence-corrected chi connectivity index (χ3v) is 3.24. The topological polar surface area (TPSA) is 84.2 Å². The number of rotatable bonds is 4. The van der Waals surface area contributed by atoms with Crippen LogP contribution in [0.2, 0.25) is 0 Å². The Morgan fingerprint density at radius 2 is 2.20 bits per heavy atom. The van der Waals surface area contributed by atoms with E-state index in [9.17, 15) is 9.59 Å². The van der Waals surface area contributed by atoms with E-state index in [0.717, 1.165) is 11.6 Å². The molecule has 2 unspecified atom stereocenters. The Labute approximate surface area is 93.5 Å². The number of carbonyl (C=O) groups excluding carboxylic acids is 2. The first kappa shape index (κ1) is 12.3. The molecule has 1 fully saturated rings. The van der Waals surface area contributed by atoms with Crippen LogP contribution < -0.4 is 16.4 Å². The number of amides is 2. The van der Waals surface area contributed by atoms with Crippen molar-refractivity contribution in [3.05, 3.63) is 0 Å². The van der Waals surface area contributed by atoms with Gasteiger partial charge < -0.3 is 11.1 Å². The van der Waals surface area contributed by atoms with E-state index in [4.69, 9.17) is 5.73 Å². The smallest absolute Gasteiger partial charge is 0.240 e. The van der Waals surface area contributed by atoms with Crippen LogP contribution in [-0.4, -0.2) is 35.5 Å². The van der Waals surface area contributed by atoms with Gasteiger partial charge in [-0.25, -0.2) is 0 Å². The first-order valence-electron chi connectivity index (χ1n) is 4.93. The average molecular weight is 231 g/mol. The molecular weight excluding hydrogens is 214 g/mol. The fraction of sp³-hybridized carbons (Fsp3) is 0.778. The van der Waals surface area contributed by atoms with E-state index < -0.39 is 11.9 Å². The lowest BCUT2D eigenvalue weighted by Gasteiger charge is -2.20. The maximum Gasteiger partial charge on any atom is 0.240 e. The van der Waals surface area contributed by atoms with Crippen LogP contribution in [0.5, 0.6) is 0 Å². The second kappa shape index (κ2) is 5.37. The molecule has 0 aromatic heterocycles. The highest BCUT2D eigenvalue weighted by molar-refractivity contribution is 7.99. The highest BCUT2D eigenvalue weighted by Gasteiger charge is 2.27. The lowest BCUT2D eigenvalue weighted by atomic mass is 10.0. The van der Waals surface area contributed by atoms with E-state index in [1.165, 1.54) is 0 Å². The van der Waals surface area contributed by atoms with E-state index >= 15 is 0 Å². The first-order valence-corrected chi connectivity index (χ1v) is 6.08. The SMILES string of the molecule is CC(C)C(NC(=O)C1CSCN1)C(N)=O. The fourth-order valence-electron chi connectivity index (χ4n) is 1.38. The molecule has 0 aromatic carbocycles. The largest absolute Gasteiger partial charge is 0.368 e. The van der Waals surface area contributed by atoms with E-state index in [1.807, 2.05) is 13.8 Å². The maximum absolute atomic E-state index is 11.7. The molecule has 6 heteroatoms. The van der Waals surface area contributed by atoms with Crippen molar-refractivity contribution >= 4 is 23.6 Å². The summed E-state index contributed by atoms with van der Waals surface area (Å²) in [4.78, 5) is 22.7. The number of nitrogens with one attached hydrogen (secondary N) is 2. The van der Waals surface area contributed by atoms with Gasteiger partial charge in [0.25, 0.3) is 0 Å². The Bertz CT molecular complexity index is 252. The summed E-state index contributed by atoms with van der Waals surface area (Å²) in [5, 5.41) is 5.71. The minimum atomic E-state index is -0.579. The third kappa shape index (κ3) is 3.39. The van der Waals surface area contributed by atoms with Crippen molar-refractivity contribution in [2.24, 2.45) is 11.7 Å². The van der Waals surface area contributed by atoms with Crippen LogP contribution >= 0.6 is 11.8 Å². The lowest BCUT2D eigenvalue weighted by molar-refractivity contribution is -0.129. The van der Waals surface area contributed by atoms with E-state index in [-0.39, 0.29) is 17.9 Å². The number of nitrogens with two attached hydrogens (primary N) is 1. The molecule has 15 heavy (non-hydrogen) atoms. The monoisotopic (exact) mass is 231 g/mol. The van der Waals surface area contributed by atoms with Gasteiger partial charge in [0.05, 0.1) is 6.04 Å². The molecule has 2 amide bonds. The second-order valence-electron chi connectivity index (χ2n) is 3.90. The van der Waals surface area contributed by atoms with E-state index in [0.29, 0.717) is 0 Å². The quantitative estimate of drug-likeness (QED) is 0.596. The van der Waals surface area contributed by atoms with Crippen LogP contribution in [0.4, 0.5) is 0 Å². The molecule has 0 bridgehead atoms. The van der Waals surface area contributed by atoms with Gasteiger partial charge in [0.2, 0.25) is 11.8 Å². The number of primary amides is 1.